The number of nitrogens with one attached hydrogen (secondary N) is 1. The summed E-state index contributed by atoms with van der Waals surface area (Å²) in [6, 6.07) is 8.66. The van der Waals surface area contributed by atoms with E-state index in [1.54, 1.807) is 24.3 Å². The Morgan fingerprint density at radius 1 is 1.41 bits per heavy atom. The molecule has 3 rings (SSSR count). The summed E-state index contributed by atoms with van der Waals surface area (Å²) < 4.78 is 12.6. The van der Waals surface area contributed by atoms with Crippen LogP contribution in [-0.2, 0) is 11.2 Å². The molecule has 0 aliphatic carbocycles. The van der Waals surface area contributed by atoms with Crippen LogP contribution in [0.2, 0.25) is 5.02 Å². The molecule has 1 unspecified atom stereocenters. The first kappa shape index (κ1) is 14.6. The topological polar surface area (TPSA) is 110 Å². The lowest BCUT2D eigenvalue weighted by Gasteiger charge is -2.03. The van der Waals surface area contributed by atoms with Gasteiger partial charge in [0.05, 0.1) is 5.56 Å². The van der Waals surface area contributed by atoms with E-state index in [1.165, 1.54) is 6.26 Å². The number of benzene rings is 1. The number of aromatic nitrogens is 4. The monoisotopic (exact) mass is 333 g/mol. The molecule has 2 heterocycles. The zero-order valence-corrected chi connectivity index (χ0v) is 12.8. The Bertz CT molecular complexity index is 955. The lowest BCUT2D eigenvalue weighted by molar-refractivity contribution is 0.589. The molecule has 0 spiro atoms. The van der Waals surface area contributed by atoms with E-state index in [4.69, 9.17) is 11.6 Å². The van der Waals surface area contributed by atoms with Gasteiger partial charge in [0.25, 0.3) is 0 Å². The number of hydrogen-bond acceptors (Lipinski definition) is 5. The minimum atomic E-state index is -1.47. The van der Waals surface area contributed by atoms with Gasteiger partial charge in [-0.25, -0.2) is 9.78 Å². The summed E-state index contributed by atoms with van der Waals surface area (Å²) in [7, 11) is 0. The molecule has 110 valence electrons. The Labute approximate surface area is 132 Å². The highest BCUT2D eigenvalue weighted by Crippen LogP contribution is 2.27. The molecule has 0 radical (unpaired) electrons. The van der Waals surface area contributed by atoms with Gasteiger partial charge in [-0.05, 0) is 17.7 Å². The van der Waals surface area contributed by atoms with Crippen molar-refractivity contribution < 1.29 is 4.55 Å². The van der Waals surface area contributed by atoms with Crippen LogP contribution in [0.5, 0.6) is 0 Å². The van der Waals surface area contributed by atoms with Crippen LogP contribution >= 0.6 is 11.6 Å². The molecule has 7 nitrogen and oxygen atoms in total. The Morgan fingerprint density at radius 2 is 2.09 bits per heavy atom. The normalized spacial score (nSPS) is 12.3. The molecule has 9 heteroatoms. The number of nitrogens with zero attached hydrogens (tertiary/aromatic N) is 4. The number of nitriles is 1. The molecule has 0 aliphatic rings. The van der Waals surface area contributed by atoms with Crippen molar-refractivity contribution in [2.45, 2.75) is 5.16 Å². The minimum Gasteiger partial charge on any atom is -0.609 e. The van der Waals surface area contributed by atoms with Gasteiger partial charge in [-0.2, -0.15) is 19.9 Å². The predicted octanol–water partition coefficient (Wildman–Crippen LogP) is 1.35. The van der Waals surface area contributed by atoms with Gasteiger partial charge in [-0.3, -0.25) is 0 Å². The third-order valence-corrected chi connectivity index (χ3v) is 3.98. The van der Waals surface area contributed by atoms with Gasteiger partial charge in [-0.15, -0.1) is 0 Å². The molecule has 22 heavy (non-hydrogen) atoms. The van der Waals surface area contributed by atoms with Crippen LogP contribution < -0.4 is 5.69 Å². The van der Waals surface area contributed by atoms with Crippen LogP contribution in [0.25, 0.3) is 16.8 Å². The maximum Gasteiger partial charge on any atom is 0.353 e. The van der Waals surface area contributed by atoms with E-state index < -0.39 is 16.9 Å². The second kappa shape index (κ2) is 5.46. The van der Waals surface area contributed by atoms with E-state index in [0.717, 1.165) is 4.52 Å². The molecule has 1 atom stereocenters. The molecule has 1 N–H and O–H groups in total. The van der Waals surface area contributed by atoms with Crippen molar-refractivity contribution in [3.63, 3.8) is 0 Å². The van der Waals surface area contributed by atoms with Crippen LogP contribution in [0.4, 0.5) is 0 Å². The highest BCUT2D eigenvalue weighted by Gasteiger charge is 2.20. The number of hydrogen-bond donors (Lipinski definition) is 1. The van der Waals surface area contributed by atoms with Crippen LogP contribution in [0, 0.1) is 11.3 Å². The van der Waals surface area contributed by atoms with Crippen LogP contribution in [0.1, 0.15) is 5.69 Å². The first-order chi connectivity index (χ1) is 10.5. The highest BCUT2D eigenvalue weighted by molar-refractivity contribution is 7.90. The quantitative estimate of drug-likeness (QED) is 0.712. The Hall–Kier alpha value is -2.34. The number of halogens is 1. The van der Waals surface area contributed by atoms with Crippen molar-refractivity contribution in [2.24, 2.45) is 0 Å². The number of aromatic amines is 1. The van der Waals surface area contributed by atoms with Gasteiger partial charge in [0, 0.05) is 16.2 Å². The summed E-state index contributed by atoms with van der Waals surface area (Å²) in [5.41, 5.74) is 0.665. The summed E-state index contributed by atoms with van der Waals surface area (Å²) >= 11 is 4.39. The molecular weight excluding hydrogens is 326 g/mol. The molecule has 2 aromatic heterocycles. The third-order valence-electron chi connectivity index (χ3n) is 2.99. The largest absolute Gasteiger partial charge is 0.609 e. The zero-order valence-electron chi connectivity index (χ0n) is 11.2. The van der Waals surface area contributed by atoms with E-state index >= 15 is 0 Å². The van der Waals surface area contributed by atoms with Crippen molar-refractivity contribution in [1.29, 1.82) is 5.26 Å². The Morgan fingerprint density at radius 3 is 2.68 bits per heavy atom. The first-order valence-electron chi connectivity index (χ1n) is 6.04. The second-order valence-corrected chi connectivity index (χ2v) is 6.11. The van der Waals surface area contributed by atoms with E-state index in [9.17, 15) is 14.6 Å². The molecule has 1 aromatic carbocycles. The van der Waals surface area contributed by atoms with E-state index in [-0.39, 0.29) is 16.5 Å². The molecule has 0 saturated heterocycles. The van der Waals surface area contributed by atoms with E-state index in [1.807, 2.05) is 6.07 Å². The van der Waals surface area contributed by atoms with Crippen molar-refractivity contribution in [1.82, 2.24) is 19.6 Å². The van der Waals surface area contributed by atoms with Gasteiger partial charge >= 0.3 is 10.8 Å². The average Bonchev–Trinajstić information content (AvgIpc) is 2.87. The summed E-state index contributed by atoms with van der Waals surface area (Å²) in [4.78, 5) is 18.6. The lowest BCUT2D eigenvalue weighted by atomic mass is 10.1. The summed E-state index contributed by atoms with van der Waals surface area (Å²) in [6.45, 7) is 0. The SMILES string of the molecule is C[S+]([O-])c1nc2c(-c3ccc(Cl)cc3)c(C#N)nn2c(=O)[nH]1. The smallest absolute Gasteiger partial charge is 0.353 e. The second-order valence-electron chi connectivity index (χ2n) is 4.38. The third kappa shape index (κ3) is 2.35. The molecule has 0 bridgehead atoms. The fourth-order valence-corrected chi connectivity index (χ4v) is 2.59. The predicted molar refractivity (Wildman–Crippen MR) is 81.1 cm³/mol. The van der Waals surface area contributed by atoms with Crippen molar-refractivity contribution in [2.75, 3.05) is 6.26 Å². The first-order valence-corrected chi connectivity index (χ1v) is 7.97. The van der Waals surface area contributed by atoms with Gasteiger partial charge in [-0.1, -0.05) is 23.7 Å². The van der Waals surface area contributed by atoms with E-state index in [2.05, 4.69) is 15.1 Å². The van der Waals surface area contributed by atoms with E-state index in [0.29, 0.717) is 16.1 Å². The van der Waals surface area contributed by atoms with Crippen molar-refractivity contribution >= 4 is 28.4 Å². The van der Waals surface area contributed by atoms with Crippen molar-refractivity contribution in [3.05, 3.63) is 45.5 Å². The molecular formula is C13H8ClN5O2S. The average molecular weight is 334 g/mol. The van der Waals surface area contributed by atoms with Crippen LogP contribution in [0.15, 0.2) is 34.2 Å². The number of H-pyrrole nitrogens is 1. The maximum atomic E-state index is 12.0. The lowest BCUT2D eigenvalue weighted by Crippen LogP contribution is -2.22. The van der Waals surface area contributed by atoms with Gasteiger partial charge in [0.2, 0.25) is 0 Å². The standard InChI is InChI=1S/C13H8ClN5O2S/c1-22(21)12-16-11-10(7-2-4-8(14)5-3-7)9(6-15)18-19(11)13(20)17-12/h2-5H,1H3,(H,16,17,20). The summed E-state index contributed by atoms with van der Waals surface area (Å²) in [5, 5.41) is 13.8. The van der Waals surface area contributed by atoms with Crippen LogP contribution in [-0.4, -0.2) is 30.4 Å². The Kier molecular flexibility index (Phi) is 3.62. The fraction of sp³-hybridized carbons (Fsp3) is 0.0769. The highest BCUT2D eigenvalue weighted by atomic mass is 35.5. The number of fused-ring (bicyclic) bond motifs is 1. The summed E-state index contributed by atoms with van der Waals surface area (Å²) in [5.74, 6) is 0. The minimum absolute atomic E-state index is 0.0251. The van der Waals surface area contributed by atoms with Gasteiger partial charge < -0.3 is 4.55 Å². The van der Waals surface area contributed by atoms with Gasteiger partial charge in [0.1, 0.15) is 12.3 Å². The molecule has 0 fully saturated rings. The van der Waals surface area contributed by atoms with Crippen LogP contribution in [0.3, 0.4) is 0 Å². The molecule has 0 amide bonds. The van der Waals surface area contributed by atoms with Crippen molar-refractivity contribution in [3.8, 4) is 17.2 Å². The maximum absolute atomic E-state index is 12.0. The number of rotatable bonds is 2. The molecule has 3 aromatic rings. The zero-order chi connectivity index (χ0) is 15.9. The fourth-order valence-electron chi connectivity index (χ4n) is 2.02. The van der Waals surface area contributed by atoms with Gasteiger partial charge in [0.15, 0.2) is 11.3 Å². The Balaban J connectivity index is 2.39. The summed E-state index contributed by atoms with van der Waals surface area (Å²) in [6.07, 6.45) is 1.40. The molecule has 0 aliphatic heterocycles. The molecule has 0 saturated carbocycles.